The zero-order valence-corrected chi connectivity index (χ0v) is 19.9. The molecule has 3 aromatic heterocycles. The summed E-state index contributed by atoms with van der Waals surface area (Å²) in [5, 5.41) is 2.99. The van der Waals surface area contributed by atoms with E-state index in [4.69, 9.17) is 0 Å². The van der Waals surface area contributed by atoms with E-state index in [2.05, 4.69) is 61.9 Å². The molecule has 0 radical (unpaired) electrons. The van der Waals surface area contributed by atoms with Crippen molar-refractivity contribution in [2.24, 2.45) is 0 Å². The standard InChI is InChI=1S/C27H27N7O/c1-20-13-24(5-4-22(20)18-33-11-9-32(2)10-12-33)31-27(35)23-14-21(15-29-16-23)3-6-25-17-30-26-7-8-28-19-34(25)26/h4-5,7-8,13-17,19H,9-12,18H2,1-2H3,(H,31,35). The zero-order chi connectivity index (χ0) is 24.2. The van der Waals surface area contributed by atoms with Crippen molar-refractivity contribution in [2.75, 3.05) is 38.5 Å². The molecule has 1 aromatic carbocycles. The average molecular weight is 466 g/mol. The minimum Gasteiger partial charge on any atom is -0.322 e. The molecule has 1 fully saturated rings. The lowest BCUT2D eigenvalue weighted by atomic mass is 10.1. The van der Waals surface area contributed by atoms with Crippen LogP contribution in [-0.4, -0.2) is 68.3 Å². The number of hydrogen-bond acceptors (Lipinski definition) is 6. The van der Waals surface area contributed by atoms with Crippen molar-refractivity contribution in [3.05, 3.63) is 89.4 Å². The van der Waals surface area contributed by atoms with Gasteiger partial charge in [0.1, 0.15) is 17.7 Å². The van der Waals surface area contributed by atoms with Gasteiger partial charge in [0.15, 0.2) is 0 Å². The molecule has 35 heavy (non-hydrogen) atoms. The van der Waals surface area contributed by atoms with E-state index in [1.807, 2.05) is 22.6 Å². The highest BCUT2D eigenvalue weighted by molar-refractivity contribution is 6.04. The van der Waals surface area contributed by atoms with E-state index in [-0.39, 0.29) is 5.91 Å². The van der Waals surface area contributed by atoms with E-state index in [1.165, 1.54) is 11.1 Å². The van der Waals surface area contributed by atoms with Crippen molar-refractivity contribution in [1.29, 1.82) is 0 Å². The van der Waals surface area contributed by atoms with Gasteiger partial charge in [-0.2, -0.15) is 0 Å². The monoisotopic (exact) mass is 465 g/mol. The molecule has 0 aliphatic carbocycles. The molecular formula is C27H27N7O. The van der Waals surface area contributed by atoms with E-state index in [9.17, 15) is 4.79 Å². The normalized spacial score (nSPS) is 14.5. The maximum Gasteiger partial charge on any atom is 0.257 e. The summed E-state index contributed by atoms with van der Waals surface area (Å²) in [6.45, 7) is 7.38. The minimum atomic E-state index is -0.216. The van der Waals surface area contributed by atoms with Crippen molar-refractivity contribution in [3.63, 3.8) is 0 Å². The number of aryl methyl sites for hydroxylation is 1. The van der Waals surface area contributed by atoms with Crippen molar-refractivity contribution < 1.29 is 4.79 Å². The summed E-state index contributed by atoms with van der Waals surface area (Å²) in [5.74, 6) is 5.93. The first-order valence-electron chi connectivity index (χ1n) is 11.6. The molecule has 0 spiro atoms. The lowest BCUT2D eigenvalue weighted by Gasteiger charge is -2.32. The second kappa shape index (κ2) is 10.1. The number of piperazine rings is 1. The average Bonchev–Trinajstić information content (AvgIpc) is 3.29. The number of likely N-dealkylation sites (N-methyl/N-ethyl adjacent to an activating group) is 1. The van der Waals surface area contributed by atoms with Crippen LogP contribution in [0.3, 0.4) is 0 Å². The topological polar surface area (TPSA) is 78.7 Å². The van der Waals surface area contributed by atoms with Crippen LogP contribution in [-0.2, 0) is 6.54 Å². The van der Waals surface area contributed by atoms with Crippen LogP contribution < -0.4 is 5.32 Å². The summed E-state index contributed by atoms with van der Waals surface area (Å²) < 4.78 is 1.81. The van der Waals surface area contributed by atoms with E-state index in [0.29, 0.717) is 11.1 Å². The van der Waals surface area contributed by atoms with Gasteiger partial charge in [0.25, 0.3) is 5.91 Å². The maximum atomic E-state index is 12.9. The van der Waals surface area contributed by atoms with Crippen molar-refractivity contribution in [3.8, 4) is 11.8 Å². The van der Waals surface area contributed by atoms with Crippen LogP contribution in [0.15, 0.2) is 61.4 Å². The van der Waals surface area contributed by atoms with Crippen molar-refractivity contribution >= 4 is 17.2 Å². The SMILES string of the molecule is Cc1cc(NC(=O)c2cncc(C#Cc3cnc4ccncn34)c2)ccc1CN1CCN(C)CC1. The molecule has 0 saturated carbocycles. The Hall–Kier alpha value is -4.06. The molecule has 0 unspecified atom stereocenters. The van der Waals surface area contributed by atoms with E-state index < -0.39 is 0 Å². The Morgan fingerprint density at radius 1 is 1.03 bits per heavy atom. The quantitative estimate of drug-likeness (QED) is 0.467. The van der Waals surface area contributed by atoms with Gasteiger partial charge in [-0.25, -0.2) is 9.97 Å². The number of pyridine rings is 1. The van der Waals surface area contributed by atoms with Crippen LogP contribution in [0.5, 0.6) is 0 Å². The highest BCUT2D eigenvalue weighted by Gasteiger charge is 2.15. The first-order chi connectivity index (χ1) is 17.0. The number of nitrogens with zero attached hydrogens (tertiary/aromatic N) is 6. The first-order valence-corrected chi connectivity index (χ1v) is 11.6. The third-order valence-electron chi connectivity index (χ3n) is 6.24. The third kappa shape index (κ3) is 5.38. The van der Waals surface area contributed by atoms with Gasteiger partial charge >= 0.3 is 0 Å². The molecule has 4 aromatic rings. The molecule has 1 amide bonds. The Bertz CT molecular complexity index is 1420. The number of carbonyl (C=O) groups excluding carboxylic acids is 1. The Kier molecular flexibility index (Phi) is 6.53. The third-order valence-corrected chi connectivity index (χ3v) is 6.24. The minimum absolute atomic E-state index is 0.216. The van der Waals surface area contributed by atoms with E-state index in [1.54, 1.807) is 37.2 Å². The number of carbonyl (C=O) groups is 1. The largest absolute Gasteiger partial charge is 0.322 e. The number of amides is 1. The summed E-state index contributed by atoms with van der Waals surface area (Å²) in [7, 11) is 2.16. The van der Waals surface area contributed by atoms with Crippen molar-refractivity contribution in [1.82, 2.24) is 29.2 Å². The molecule has 176 valence electrons. The molecule has 4 heterocycles. The first kappa shape index (κ1) is 22.7. The molecule has 8 heteroatoms. The van der Waals surface area contributed by atoms with Gasteiger partial charge in [-0.3, -0.25) is 19.1 Å². The molecule has 0 bridgehead atoms. The van der Waals surface area contributed by atoms with Crippen LogP contribution in [0, 0.1) is 18.8 Å². The summed E-state index contributed by atoms with van der Waals surface area (Å²) in [6.07, 6.45) is 8.25. The van der Waals surface area contributed by atoms with E-state index >= 15 is 0 Å². The predicted octanol–water partition coefficient (Wildman–Crippen LogP) is 2.83. The van der Waals surface area contributed by atoms with Crippen LogP contribution >= 0.6 is 0 Å². The maximum absolute atomic E-state index is 12.9. The van der Waals surface area contributed by atoms with Crippen LogP contribution in [0.2, 0.25) is 0 Å². The summed E-state index contributed by atoms with van der Waals surface area (Å²) >= 11 is 0. The fourth-order valence-corrected chi connectivity index (χ4v) is 4.10. The Morgan fingerprint density at radius 3 is 2.71 bits per heavy atom. The number of fused-ring (bicyclic) bond motifs is 1. The molecule has 1 saturated heterocycles. The van der Waals surface area contributed by atoms with Gasteiger partial charge in [-0.1, -0.05) is 12.0 Å². The molecular weight excluding hydrogens is 438 g/mol. The lowest BCUT2D eigenvalue weighted by molar-refractivity contribution is 0.102. The fraction of sp³-hybridized carbons (Fsp3) is 0.259. The molecule has 1 N–H and O–H groups in total. The molecule has 0 atom stereocenters. The van der Waals surface area contributed by atoms with Gasteiger partial charge in [0.05, 0.1) is 11.8 Å². The highest BCUT2D eigenvalue weighted by atomic mass is 16.1. The van der Waals surface area contributed by atoms with Gasteiger partial charge < -0.3 is 10.2 Å². The predicted molar refractivity (Wildman–Crippen MR) is 135 cm³/mol. The zero-order valence-electron chi connectivity index (χ0n) is 19.9. The Morgan fingerprint density at radius 2 is 1.89 bits per heavy atom. The smallest absolute Gasteiger partial charge is 0.257 e. The van der Waals surface area contributed by atoms with Gasteiger partial charge in [-0.15, -0.1) is 0 Å². The van der Waals surface area contributed by atoms with Gasteiger partial charge in [0, 0.05) is 62.6 Å². The molecule has 1 aliphatic heterocycles. The van der Waals surface area contributed by atoms with Gasteiger partial charge in [-0.05, 0) is 55.3 Å². The number of imidazole rings is 1. The Balaban J connectivity index is 1.26. The van der Waals surface area contributed by atoms with Crippen LogP contribution in [0.4, 0.5) is 5.69 Å². The van der Waals surface area contributed by atoms with Gasteiger partial charge in [0.2, 0.25) is 0 Å². The summed E-state index contributed by atoms with van der Waals surface area (Å²) in [5.41, 5.74) is 5.82. The number of benzene rings is 1. The number of rotatable bonds is 4. The fourth-order valence-electron chi connectivity index (χ4n) is 4.10. The van der Waals surface area contributed by atoms with Crippen LogP contribution in [0.1, 0.15) is 32.7 Å². The van der Waals surface area contributed by atoms with E-state index in [0.717, 1.165) is 49.8 Å². The molecule has 1 aliphatic rings. The second-order valence-corrected chi connectivity index (χ2v) is 8.84. The number of anilines is 1. The molecule has 5 rings (SSSR count). The van der Waals surface area contributed by atoms with Crippen LogP contribution in [0.25, 0.3) is 5.65 Å². The van der Waals surface area contributed by atoms with Crippen molar-refractivity contribution in [2.45, 2.75) is 13.5 Å². The summed E-state index contributed by atoms with van der Waals surface area (Å²) in [6, 6.07) is 9.66. The Labute approximate surface area is 204 Å². The number of aromatic nitrogens is 4. The highest BCUT2D eigenvalue weighted by Crippen LogP contribution is 2.19. The second-order valence-electron chi connectivity index (χ2n) is 8.84. The number of hydrogen-bond donors (Lipinski definition) is 1. The summed E-state index contributed by atoms with van der Waals surface area (Å²) in [4.78, 5) is 30.3. The molecule has 8 nitrogen and oxygen atoms in total. The lowest BCUT2D eigenvalue weighted by Crippen LogP contribution is -2.43. The number of nitrogens with one attached hydrogen (secondary N) is 1.